The highest BCUT2D eigenvalue weighted by Crippen LogP contribution is 2.57. The van der Waals surface area contributed by atoms with Gasteiger partial charge in [0.2, 0.25) is 5.91 Å². The lowest BCUT2D eigenvalue weighted by molar-refractivity contribution is -0.158. The van der Waals surface area contributed by atoms with E-state index in [1.807, 2.05) is 55.5 Å². The number of amides is 2. The molecule has 42 heavy (non-hydrogen) atoms. The number of aliphatic hydroxyl groups is 1. The molecule has 228 valence electrons. The van der Waals surface area contributed by atoms with Crippen molar-refractivity contribution in [1.82, 2.24) is 4.90 Å². The Bertz CT molecular complexity index is 1210. The number of fused-ring (bicyclic) bond motifs is 2. The van der Waals surface area contributed by atoms with Crippen molar-refractivity contribution in [3.63, 3.8) is 0 Å². The number of benzene rings is 1. The molecule has 1 spiro atoms. The van der Waals surface area contributed by atoms with Crippen molar-refractivity contribution in [3.8, 4) is 0 Å². The van der Waals surface area contributed by atoms with E-state index < -0.39 is 35.0 Å². The molecule has 1 aromatic carbocycles. The van der Waals surface area contributed by atoms with Crippen molar-refractivity contribution in [2.45, 2.75) is 76.5 Å². The van der Waals surface area contributed by atoms with Crippen LogP contribution in [0.15, 0.2) is 48.6 Å². The number of allylic oxidation sites excluding steroid dienone is 1. The smallest absolute Gasteiger partial charge is 0.313 e. The van der Waals surface area contributed by atoms with E-state index in [0.717, 1.165) is 50.1 Å². The van der Waals surface area contributed by atoms with Crippen LogP contribution in [0.2, 0.25) is 0 Å². The Hall–Kier alpha value is -3.17. The van der Waals surface area contributed by atoms with Gasteiger partial charge in [0.05, 0.1) is 18.1 Å². The number of ether oxygens (including phenoxy) is 2. The molecule has 0 aliphatic carbocycles. The number of unbranched alkanes of at least 4 members (excludes halogenated alkanes) is 2. The van der Waals surface area contributed by atoms with E-state index >= 15 is 0 Å². The van der Waals surface area contributed by atoms with Gasteiger partial charge in [-0.1, -0.05) is 24.3 Å². The number of aliphatic hydroxyl groups excluding tert-OH is 1. The third-order valence-electron chi connectivity index (χ3n) is 9.35. The van der Waals surface area contributed by atoms with Gasteiger partial charge in [0.25, 0.3) is 5.91 Å². The van der Waals surface area contributed by atoms with Gasteiger partial charge in [0.1, 0.15) is 17.6 Å². The molecule has 4 aliphatic rings. The van der Waals surface area contributed by atoms with Gasteiger partial charge in [-0.05, 0) is 83.6 Å². The molecule has 5 rings (SSSR count). The summed E-state index contributed by atoms with van der Waals surface area (Å²) < 4.78 is 12.6. The fourth-order valence-corrected chi connectivity index (χ4v) is 7.27. The molecule has 1 unspecified atom stereocenters. The third kappa shape index (κ3) is 5.26. The molecule has 0 aromatic heterocycles. The molecule has 2 saturated heterocycles. The molecule has 0 radical (unpaired) electrons. The number of carbonyl (C=O) groups is 3. The van der Waals surface area contributed by atoms with E-state index in [0.29, 0.717) is 32.5 Å². The summed E-state index contributed by atoms with van der Waals surface area (Å²) in [6.45, 7) is 8.87. The molecule has 1 N–H and O–H groups in total. The number of rotatable bonds is 9. The summed E-state index contributed by atoms with van der Waals surface area (Å²) in [7, 11) is 0. The summed E-state index contributed by atoms with van der Waals surface area (Å²) in [5.41, 5.74) is -0.574. The first kappa shape index (κ1) is 30.3. The maximum absolute atomic E-state index is 14.6. The van der Waals surface area contributed by atoms with Crippen molar-refractivity contribution in [2.75, 3.05) is 49.2 Å². The second-order valence-corrected chi connectivity index (χ2v) is 11.9. The van der Waals surface area contributed by atoms with Crippen molar-refractivity contribution in [2.24, 2.45) is 11.8 Å². The average molecular weight is 580 g/mol. The van der Waals surface area contributed by atoms with Crippen molar-refractivity contribution >= 4 is 29.2 Å². The minimum atomic E-state index is -1.31. The highest BCUT2D eigenvalue weighted by molar-refractivity contribution is 6.05. The van der Waals surface area contributed by atoms with Gasteiger partial charge in [-0.15, -0.1) is 0 Å². The van der Waals surface area contributed by atoms with Gasteiger partial charge in [0.15, 0.2) is 0 Å². The molecule has 9 nitrogen and oxygen atoms in total. The number of hydrogen-bond acceptors (Lipinski definition) is 7. The van der Waals surface area contributed by atoms with Gasteiger partial charge >= 0.3 is 5.97 Å². The molecule has 2 fully saturated rings. The number of anilines is 2. The lowest BCUT2D eigenvalue weighted by Crippen LogP contribution is -2.56. The summed E-state index contributed by atoms with van der Waals surface area (Å²) >= 11 is 0. The minimum Gasteiger partial charge on any atom is -0.465 e. The van der Waals surface area contributed by atoms with Gasteiger partial charge in [-0.25, -0.2) is 0 Å². The Balaban J connectivity index is 1.55. The van der Waals surface area contributed by atoms with Crippen LogP contribution in [-0.2, 0) is 23.9 Å². The van der Waals surface area contributed by atoms with Crippen molar-refractivity contribution < 1.29 is 29.0 Å². The van der Waals surface area contributed by atoms with Gasteiger partial charge in [-0.2, -0.15) is 0 Å². The highest BCUT2D eigenvalue weighted by atomic mass is 16.6. The molecule has 9 heteroatoms. The molecule has 5 atom stereocenters. The lowest BCUT2D eigenvalue weighted by Gasteiger charge is -2.37. The predicted octanol–water partition coefficient (Wildman–Crippen LogP) is 3.85. The first-order valence-corrected chi connectivity index (χ1v) is 15.6. The quantitative estimate of drug-likeness (QED) is 0.270. The van der Waals surface area contributed by atoms with Crippen LogP contribution in [-0.4, -0.2) is 84.4 Å². The average Bonchev–Trinajstić information content (AvgIpc) is 3.31. The topological polar surface area (TPSA) is 99.6 Å². The normalized spacial score (nSPS) is 31.7. The molecule has 1 aromatic rings. The molecule has 0 saturated carbocycles. The van der Waals surface area contributed by atoms with Crippen LogP contribution >= 0.6 is 0 Å². The zero-order chi connectivity index (χ0) is 29.9. The summed E-state index contributed by atoms with van der Waals surface area (Å²) in [5.74, 6) is -2.68. The number of nitrogens with zero attached hydrogens (tertiary/aromatic N) is 3. The van der Waals surface area contributed by atoms with Crippen LogP contribution in [0.4, 0.5) is 11.4 Å². The Morgan fingerprint density at radius 3 is 2.43 bits per heavy atom. The Kier molecular flexibility index (Phi) is 9.08. The third-order valence-corrected chi connectivity index (χ3v) is 9.35. The number of hydrogen-bond donors (Lipinski definition) is 1. The largest absolute Gasteiger partial charge is 0.465 e. The Labute approximate surface area is 249 Å². The van der Waals surface area contributed by atoms with Crippen LogP contribution < -0.4 is 9.80 Å². The zero-order valence-electron chi connectivity index (χ0n) is 25.2. The summed E-state index contributed by atoms with van der Waals surface area (Å²) in [6, 6.07) is 7.03. The molecular formula is C33H45N3O6. The minimum absolute atomic E-state index is 0.0740. The predicted molar refractivity (Wildman–Crippen MR) is 161 cm³/mol. The van der Waals surface area contributed by atoms with Gasteiger partial charge in [-0.3, -0.25) is 14.4 Å². The maximum Gasteiger partial charge on any atom is 0.313 e. The van der Waals surface area contributed by atoms with E-state index in [9.17, 15) is 19.5 Å². The summed E-state index contributed by atoms with van der Waals surface area (Å²) in [5, 5.41) is 9.30. The van der Waals surface area contributed by atoms with E-state index in [2.05, 4.69) is 18.7 Å². The van der Waals surface area contributed by atoms with Crippen molar-refractivity contribution in [3.05, 3.63) is 48.6 Å². The van der Waals surface area contributed by atoms with Crippen LogP contribution in [0.5, 0.6) is 0 Å². The monoisotopic (exact) mass is 579 g/mol. The SMILES string of the molecule is CCN(CC)c1ccc(N2CC=C[C@]34O[C@]5(C)/C=C\CCCCOC(=O)[C@@H]5[C@H]3C(=O)N(CCCCCO)C4C2=O)cc1. The van der Waals surface area contributed by atoms with Crippen LogP contribution in [0.1, 0.15) is 59.3 Å². The molecule has 0 bridgehead atoms. The number of cyclic esters (lactones) is 1. The second kappa shape index (κ2) is 12.6. The molecule has 4 heterocycles. The Morgan fingerprint density at radius 2 is 1.71 bits per heavy atom. The van der Waals surface area contributed by atoms with E-state index in [-0.39, 0.29) is 18.4 Å². The van der Waals surface area contributed by atoms with Crippen LogP contribution in [0, 0.1) is 11.8 Å². The van der Waals surface area contributed by atoms with E-state index in [4.69, 9.17) is 9.47 Å². The van der Waals surface area contributed by atoms with Crippen LogP contribution in [0.25, 0.3) is 0 Å². The second-order valence-electron chi connectivity index (χ2n) is 11.9. The first-order chi connectivity index (χ1) is 20.3. The number of likely N-dealkylation sites (tertiary alicyclic amines) is 1. The zero-order valence-corrected chi connectivity index (χ0v) is 25.2. The van der Waals surface area contributed by atoms with Crippen LogP contribution in [0.3, 0.4) is 0 Å². The van der Waals surface area contributed by atoms with Gasteiger partial charge < -0.3 is 29.3 Å². The molecule has 4 aliphatic heterocycles. The fraction of sp³-hybridized carbons (Fsp3) is 0.606. The van der Waals surface area contributed by atoms with E-state index in [1.165, 1.54) is 0 Å². The standard InChI is InChI=1S/C33H45N3O6/c1-4-34(5-2)24-14-16-25(17-15-24)35-21-13-19-33-26(29(38)36(28(33)30(35)39)20-10-8-11-22-37)27-31(40)41-23-12-7-6-9-18-32(27,3)42-33/h9,13-19,26-28,37H,4-8,10-12,20-23H2,1-3H3/b18-9-/t26-,27-,28?,32+,33-/m0/s1. The first-order valence-electron chi connectivity index (χ1n) is 15.6. The number of esters is 1. The molecular weight excluding hydrogens is 534 g/mol. The fourth-order valence-electron chi connectivity index (χ4n) is 7.27. The number of carbonyl (C=O) groups excluding carboxylic acids is 3. The summed E-state index contributed by atoms with van der Waals surface area (Å²) in [6.07, 6.45) is 12.1. The Morgan fingerprint density at radius 1 is 0.952 bits per heavy atom. The lowest BCUT2D eigenvalue weighted by atomic mass is 9.74. The van der Waals surface area contributed by atoms with E-state index in [1.54, 1.807) is 9.80 Å². The molecule has 2 amide bonds. The maximum atomic E-state index is 14.6. The highest BCUT2D eigenvalue weighted by Gasteiger charge is 2.74. The summed E-state index contributed by atoms with van der Waals surface area (Å²) in [4.78, 5) is 48.2. The van der Waals surface area contributed by atoms with Gasteiger partial charge in [0, 0.05) is 44.2 Å². The van der Waals surface area contributed by atoms with Crippen molar-refractivity contribution in [1.29, 1.82) is 0 Å².